The molecule has 0 fully saturated rings. The minimum absolute atomic E-state index is 0.178. The van der Waals surface area contributed by atoms with Gasteiger partial charge in [-0.3, -0.25) is 4.79 Å². The molecule has 0 bridgehead atoms. The largest absolute Gasteiger partial charge is 0.384 e. The number of carbonyl (C=O) groups excluding carboxylic acids is 1. The lowest BCUT2D eigenvalue weighted by molar-refractivity contribution is -0.123. The fourth-order valence-corrected chi connectivity index (χ4v) is 1.40. The monoisotopic (exact) mass is 254 g/mol. The summed E-state index contributed by atoms with van der Waals surface area (Å²) in [6, 6.07) is 4.64. The molecule has 0 saturated heterocycles. The van der Waals surface area contributed by atoms with Gasteiger partial charge in [-0.2, -0.15) is 0 Å². The average molecular weight is 254 g/mol. The number of aliphatic hydroxyl groups is 1. The number of amides is 1. The first kappa shape index (κ1) is 14.4. The Bertz CT molecular complexity index is 433. The van der Waals surface area contributed by atoms with Gasteiger partial charge in [-0.25, -0.2) is 4.39 Å². The quantitative estimate of drug-likeness (QED) is 0.864. The maximum Gasteiger partial charge on any atom is 0.252 e. The van der Waals surface area contributed by atoms with Crippen LogP contribution in [0.25, 0.3) is 0 Å². The molecule has 0 aliphatic heterocycles. The van der Waals surface area contributed by atoms with Crippen LogP contribution in [0.1, 0.15) is 20.8 Å². The maximum atomic E-state index is 13.9. The van der Waals surface area contributed by atoms with E-state index in [0.29, 0.717) is 11.4 Å². The SMILES string of the molecule is CC(O)C(=O)Nc1ccc(N(C)C(C)C)c(F)c1. The highest BCUT2D eigenvalue weighted by atomic mass is 19.1. The Balaban J connectivity index is 2.89. The molecule has 1 amide bonds. The zero-order chi connectivity index (χ0) is 13.9. The molecule has 0 spiro atoms. The van der Waals surface area contributed by atoms with Crippen LogP contribution < -0.4 is 10.2 Å². The standard InChI is InChI=1S/C13H19FN2O2/c1-8(2)16(4)12-6-5-10(7-11(12)14)15-13(18)9(3)17/h5-9,17H,1-4H3,(H,15,18). The first-order chi connectivity index (χ1) is 8.32. The molecule has 100 valence electrons. The van der Waals surface area contributed by atoms with Crippen molar-refractivity contribution in [2.75, 3.05) is 17.3 Å². The maximum absolute atomic E-state index is 13.9. The second kappa shape index (κ2) is 5.82. The minimum atomic E-state index is -1.12. The van der Waals surface area contributed by atoms with Crippen LogP contribution in [0.3, 0.4) is 0 Å². The van der Waals surface area contributed by atoms with Gasteiger partial charge >= 0.3 is 0 Å². The third kappa shape index (κ3) is 3.43. The molecule has 18 heavy (non-hydrogen) atoms. The zero-order valence-electron chi connectivity index (χ0n) is 11.1. The number of carbonyl (C=O) groups is 1. The van der Waals surface area contributed by atoms with Crippen LogP contribution in [0.4, 0.5) is 15.8 Å². The van der Waals surface area contributed by atoms with Crippen LogP contribution in [0.2, 0.25) is 0 Å². The number of hydrogen-bond acceptors (Lipinski definition) is 3. The molecule has 0 aliphatic carbocycles. The van der Waals surface area contributed by atoms with Gasteiger partial charge in [-0.05, 0) is 39.0 Å². The second-order valence-corrected chi connectivity index (χ2v) is 4.54. The topological polar surface area (TPSA) is 52.6 Å². The number of halogens is 1. The molecule has 1 rings (SSSR count). The Labute approximate surface area is 106 Å². The van der Waals surface area contributed by atoms with E-state index in [9.17, 15) is 9.18 Å². The van der Waals surface area contributed by atoms with Crippen LogP contribution in [-0.2, 0) is 4.79 Å². The van der Waals surface area contributed by atoms with E-state index in [-0.39, 0.29) is 6.04 Å². The molecule has 0 radical (unpaired) electrons. The predicted molar refractivity (Wildman–Crippen MR) is 70.2 cm³/mol. The summed E-state index contributed by atoms with van der Waals surface area (Å²) in [6.45, 7) is 5.28. The lowest BCUT2D eigenvalue weighted by Crippen LogP contribution is -2.27. The summed E-state index contributed by atoms with van der Waals surface area (Å²) < 4.78 is 13.9. The van der Waals surface area contributed by atoms with Crippen LogP contribution in [0.15, 0.2) is 18.2 Å². The van der Waals surface area contributed by atoms with E-state index in [1.165, 1.54) is 13.0 Å². The van der Waals surface area contributed by atoms with Crippen molar-refractivity contribution in [3.05, 3.63) is 24.0 Å². The molecule has 1 aromatic carbocycles. The van der Waals surface area contributed by atoms with E-state index in [1.54, 1.807) is 24.1 Å². The number of rotatable bonds is 4. The van der Waals surface area contributed by atoms with Crippen LogP contribution in [-0.4, -0.2) is 30.2 Å². The van der Waals surface area contributed by atoms with E-state index in [1.807, 2.05) is 13.8 Å². The van der Waals surface area contributed by atoms with Gasteiger partial charge in [0, 0.05) is 18.8 Å². The zero-order valence-corrected chi connectivity index (χ0v) is 11.1. The Hall–Kier alpha value is -1.62. The highest BCUT2D eigenvalue weighted by Crippen LogP contribution is 2.23. The molecular weight excluding hydrogens is 235 g/mol. The minimum Gasteiger partial charge on any atom is -0.384 e. The number of nitrogens with zero attached hydrogens (tertiary/aromatic N) is 1. The van der Waals surface area contributed by atoms with Crippen molar-refractivity contribution >= 4 is 17.3 Å². The van der Waals surface area contributed by atoms with Crippen LogP contribution in [0.5, 0.6) is 0 Å². The van der Waals surface area contributed by atoms with Crippen molar-refractivity contribution in [3.8, 4) is 0 Å². The molecule has 0 aliphatic rings. The van der Waals surface area contributed by atoms with E-state index in [0.717, 1.165) is 0 Å². The molecule has 1 unspecified atom stereocenters. The van der Waals surface area contributed by atoms with Crippen LogP contribution >= 0.6 is 0 Å². The van der Waals surface area contributed by atoms with Gasteiger partial charge in [0.1, 0.15) is 11.9 Å². The van der Waals surface area contributed by atoms with E-state index in [2.05, 4.69) is 5.32 Å². The van der Waals surface area contributed by atoms with Gasteiger partial charge in [0.25, 0.3) is 5.91 Å². The highest BCUT2D eigenvalue weighted by molar-refractivity contribution is 5.93. The average Bonchev–Trinajstić information content (AvgIpc) is 2.28. The van der Waals surface area contributed by atoms with Crippen molar-refractivity contribution in [1.82, 2.24) is 0 Å². The van der Waals surface area contributed by atoms with Gasteiger partial charge < -0.3 is 15.3 Å². The third-order valence-corrected chi connectivity index (χ3v) is 2.75. The molecule has 2 N–H and O–H groups in total. The summed E-state index contributed by atoms with van der Waals surface area (Å²) >= 11 is 0. The normalized spacial score (nSPS) is 12.4. The summed E-state index contributed by atoms with van der Waals surface area (Å²) in [5, 5.41) is 11.5. The Morgan fingerprint density at radius 1 is 1.39 bits per heavy atom. The van der Waals surface area contributed by atoms with Crippen molar-refractivity contribution in [3.63, 3.8) is 0 Å². The van der Waals surface area contributed by atoms with Crippen molar-refractivity contribution in [2.45, 2.75) is 32.9 Å². The molecular formula is C13H19FN2O2. The van der Waals surface area contributed by atoms with Gasteiger partial charge in [0.05, 0.1) is 5.69 Å². The van der Waals surface area contributed by atoms with E-state index in [4.69, 9.17) is 5.11 Å². The van der Waals surface area contributed by atoms with Gasteiger partial charge in [0.2, 0.25) is 0 Å². The summed E-state index contributed by atoms with van der Waals surface area (Å²) in [6.07, 6.45) is -1.12. The lowest BCUT2D eigenvalue weighted by atomic mass is 10.2. The number of aliphatic hydroxyl groups excluding tert-OH is 1. The number of anilines is 2. The highest BCUT2D eigenvalue weighted by Gasteiger charge is 2.13. The lowest BCUT2D eigenvalue weighted by Gasteiger charge is -2.24. The Morgan fingerprint density at radius 3 is 2.44 bits per heavy atom. The van der Waals surface area contributed by atoms with Crippen molar-refractivity contribution in [1.29, 1.82) is 0 Å². The van der Waals surface area contributed by atoms with Crippen LogP contribution in [0, 0.1) is 5.82 Å². The Kier molecular flexibility index (Phi) is 4.67. The number of hydrogen-bond donors (Lipinski definition) is 2. The summed E-state index contributed by atoms with van der Waals surface area (Å²) in [5.74, 6) is -0.964. The fourth-order valence-electron chi connectivity index (χ4n) is 1.40. The smallest absolute Gasteiger partial charge is 0.252 e. The molecule has 1 aromatic rings. The Morgan fingerprint density at radius 2 is 2.00 bits per heavy atom. The number of benzene rings is 1. The van der Waals surface area contributed by atoms with Crippen molar-refractivity contribution < 1.29 is 14.3 Å². The molecule has 0 heterocycles. The van der Waals surface area contributed by atoms with Gasteiger partial charge in [-0.15, -0.1) is 0 Å². The van der Waals surface area contributed by atoms with Crippen molar-refractivity contribution in [2.24, 2.45) is 0 Å². The summed E-state index contributed by atoms with van der Waals surface area (Å²) in [4.78, 5) is 13.1. The molecule has 1 atom stereocenters. The van der Waals surface area contributed by atoms with E-state index < -0.39 is 17.8 Å². The van der Waals surface area contributed by atoms with Gasteiger partial charge in [0.15, 0.2) is 0 Å². The second-order valence-electron chi connectivity index (χ2n) is 4.54. The molecule has 0 saturated carbocycles. The summed E-state index contributed by atoms with van der Waals surface area (Å²) in [5.41, 5.74) is 0.805. The predicted octanol–water partition coefficient (Wildman–Crippen LogP) is 1.99. The fraction of sp³-hybridized carbons (Fsp3) is 0.462. The van der Waals surface area contributed by atoms with E-state index >= 15 is 0 Å². The molecule has 5 heteroatoms. The van der Waals surface area contributed by atoms with Gasteiger partial charge in [-0.1, -0.05) is 0 Å². The first-order valence-electron chi connectivity index (χ1n) is 5.84. The summed E-state index contributed by atoms with van der Waals surface area (Å²) in [7, 11) is 1.80. The number of nitrogens with one attached hydrogen (secondary N) is 1. The first-order valence-corrected chi connectivity index (χ1v) is 5.84. The molecule has 4 nitrogen and oxygen atoms in total. The molecule has 0 aromatic heterocycles. The third-order valence-electron chi connectivity index (χ3n) is 2.75.